The Labute approximate surface area is 292 Å². The Hall–Kier alpha value is -4.63. The van der Waals surface area contributed by atoms with Gasteiger partial charge in [0.1, 0.15) is 23.5 Å². The van der Waals surface area contributed by atoms with Gasteiger partial charge in [-0.25, -0.2) is 9.97 Å². The van der Waals surface area contributed by atoms with Gasteiger partial charge in [-0.15, -0.1) is 0 Å². The number of hydrogen-bond donors (Lipinski definition) is 8. The molecule has 0 spiro atoms. The maximum Gasteiger partial charge on any atom is 0.475 e. The molecule has 4 atom stereocenters. The molecule has 50 heavy (non-hydrogen) atoms. The van der Waals surface area contributed by atoms with Crippen LogP contribution in [-0.4, -0.2) is 91.9 Å². The number of amides is 4. The number of carbonyl (C=O) groups is 4. The van der Waals surface area contributed by atoms with Crippen LogP contribution < -0.4 is 21.3 Å². The van der Waals surface area contributed by atoms with Crippen LogP contribution in [0.15, 0.2) is 73.1 Å². The van der Waals surface area contributed by atoms with Gasteiger partial charge in [0, 0.05) is 12.8 Å². The summed E-state index contributed by atoms with van der Waals surface area (Å²) in [6.45, 7) is 7.49. The van der Waals surface area contributed by atoms with Crippen molar-refractivity contribution in [3.63, 3.8) is 0 Å². The van der Waals surface area contributed by atoms with Crippen LogP contribution in [0.2, 0.25) is 0 Å². The molecular formula is C34H46B2N6O8. The Kier molecular flexibility index (Phi) is 15.5. The molecule has 16 heteroatoms. The van der Waals surface area contributed by atoms with Gasteiger partial charge in [-0.2, -0.15) is 0 Å². The molecule has 14 nitrogen and oxygen atoms in total. The van der Waals surface area contributed by atoms with Crippen LogP contribution >= 0.6 is 0 Å². The van der Waals surface area contributed by atoms with Crippen molar-refractivity contribution < 1.29 is 39.3 Å². The zero-order valence-corrected chi connectivity index (χ0v) is 28.7. The SMILES string of the molecule is CC(C)C[C@H](NC(=O)[C@H](Cc1ccccc1)NC(=O)c1cnc(C(=O)N[C@H](Cc2ccccc2)C(=O)N[C@H](CC(C)C)B(O)O)cn1)B(O)O. The molecule has 0 saturated heterocycles. The van der Waals surface area contributed by atoms with Crippen LogP contribution in [0.25, 0.3) is 0 Å². The third kappa shape index (κ3) is 13.0. The third-order valence-corrected chi connectivity index (χ3v) is 7.75. The molecule has 2 aromatic carbocycles. The molecule has 0 saturated carbocycles. The summed E-state index contributed by atoms with van der Waals surface area (Å²) in [6.07, 6.45) is 2.90. The van der Waals surface area contributed by atoms with E-state index < -0.39 is 61.8 Å². The van der Waals surface area contributed by atoms with Gasteiger partial charge in [-0.05, 0) is 35.8 Å². The second-order valence-electron chi connectivity index (χ2n) is 13.0. The Morgan fingerprint density at radius 1 is 0.580 bits per heavy atom. The van der Waals surface area contributed by atoms with Gasteiger partial charge in [0.05, 0.1) is 24.3 Å². The first-order chi connectivity index (χ1) is 23.7. The first kappa shape index (κ1) is 39.8. The average Bonchev–Trinajstić information content (AvgIpc) is 3.07. The van der Waals surface area contributed by atoms with Crippen LogP contribution in [0.3, 0.4) is 0 Å². The molecule has 1 aromatic heterocycles. The third-order valence-electron chi connectivity index (χ3n) is 7.75. The Morgan fingerprint density at radius 3 is 1.20 bits per heavy atom. The summed E-state index contributed by atoms with van der Waals surface area (Å²) in [5, 5.41) is 49.8. The standard InChI is InChI=1S/C34H46B2N6O8/c1-21(2)15-29(35(47)48)41-31(43)25(17-23-11-7-5-8-12-23)39-33(45)27-19-38-28(20-37-27)34(46)40-26(18-24-13-9-6-10-14-24)32(44)42-30(36(49)50)16-22(3)4/h5-14,19-22,25-26,29-30,47-50H,15-18H2,1-4H3,(H,39,45)(H,40,46)(H,41,43)(H,42,44)/t25-,26+,29-,30+. The van der Waals surface area contributed by atoms with Crippen LogP contribution in [0.4, 0.5) is 0 Å². The fourth-order valence-corrected chi connectivity index (χ4v) is 5.24. The number of hydrogen-bond acceptors (Lipinski definition) is 10. The first-order valence-electron chi connectivity index (χ1n) is 16.6. The lowest BCUT2D eigenvalue weighted by molar-refractivity contribution is -0.124. The van der Waals surface area contributed by atoms with Gasteiger partial charge in [-0.1, -0.05) is 88.4 Å². The van der Waals surface area contributed by atoms with Gasteiger partial charge >= 0.3 is 14.2 Å². The predicted octanol–water partition coefficient (Wildman–Crippen LogP) is 0.245. The quantitative estimate of drug-likeness (QED) is 0.0851. The highest BCUT2D eigenvalue weighted by Gasteiger charge is 2.32. The van der Waals surface area contributed by atoms with Crippen molar-refractivity contribution in [2.45, 2.75) is 77.3 Å². The smallest absolute Gasteiger partial charge is 0.426 e. The highest BCUT2D eigenvalue weighted by Crippen LogP contribution is 2.11. The number of nitrogens with zero attached hydrogens (tertiary/aromatic N) is 2. The molecule has 0 aliphatic carbocycles. The second-order valence-corrected chi connectivity index (χ2v) is 13.0. The van der Waals surface area contributed by atoms with Crippen molar-refractivity contribution in [2.75, 3.05) is 0 Å². The lowest BCUT2D eigenvalue weighted by atomic mass is 9.75. The topological polar surface area (TPSA) is 223 Å². The number of aromatic nitrogens is 2. The molecule has 3 rings (SSSR count). The molecule has 1 heterocycles. The highest BCUT2D eigenvalue weighted by molar-refractivity contribution is 6.44. The van der Waals surface area contributed by atoms with Crippen molar-refractivity contribution >= 4 is 37.9 Å². The molecule has 266 valence electrons. The maximum atomic E-state index is 13.3. The molecule has 0 unspecified atom stereocenters. The van der Waals surface area contributed by atoms with Gasteiger partial charge in [-0.3, -0.25) is 19.2 Å². The summed E-state index contributed by atoms with van der Waals surface area (Å²) in [6, 6.07) is 15.7. The molecule has 8 N–H and O–H groups in total. The number of benzene rings is 2. The molecule has 0 fully saturated rings. The van der Waals surface area contributed by atoms with Gasteiger partial charge in [0.15, 0.2) is 0 Å². The molecule has 0 aliphatic heterocycles. The molecule has 0 bridgehead atoms. The molecule has 0 radical (unpaired) electrons. The van der Waals surface area contributed by atoms with Crippen molar-refractivity contribution in [1.29, 1.82) is 0 Å². The molecule has 0 aliphatic rings. The monoisotopic (exact) mass is 688 g/mol. The second kappa shape index (κ2) is 19.5. The van der Waals surface area contributed by atoms with Crippen molar-refractivity contribution in [3.05, 3.63) is 95.6 Å². The van der Waals surface area contributed by atoms with E-state index >= 15 is 0 Å². The zero-order valence-electron chi connectivity index (χ0n) is 28.7. The summed E-state index contributed by atoms with van der Waals surface area (Å²) >= 11 is 0. The van der Waals surface area contributed by atoms with E-state index in [1.165, 1.54) is 0 Å². The minimum Gasteiger partial charge on any atom is -0.426 e. The van der Waals surface area contributed by atoms with E-state index in [0.717, 1.165) is 23.5 Å². The zero-order chi connectivity index (χ0) is 36.8. The van der Waals surface area contributed by atoms with Crippen LogP contribution in [0.1, 0.15) is 72.6 Å². The summed E-state index contributed by atoms with van der Waals surface area (Å²) in [4.78, 5) is 61.2. The van der Waals surface area contributed by atoms with Gasteiger partial charge < -0.3 is 41.4 Å². The van der Waals surface area contributed by atoms with Gasteiger partial charge in [0.25, 0.3) is 11.8 Å². The van der Waals surface area contributed by atoms with E-state index in [2.05, 4.69) is 31.2 Å². The van der Waals surface area contributed by atoms with Crippen molar-refractivity contribution in [2.24, 2.45) is 11.8 Å². The summed E-state index contributed by atoms with van der Waals surface area (Å²) < 4.78 is 0. The minimum atomic E-state index is -1.81. The highest BCUT2D eigenvalue weighted by atomic mass is 16.4. The number of nitrogens with one attached hydrogen (secondary N) is 4. The van der Waals surface area contributed by atoms with Crippen LogP contribution in [-0.2, 0) is 22.4 Å². The van der Waals surface area contributed by atoms with E-state index in [0.29, 0.717) is 12.8 Å². The number of rotatable bonds is 18. The molecule has 4 amide bonds. The molecular weight excluding hydrogens is 642 g/mol. The minimum absolute atomic E-state index is 0.0495. The van der Waals surface area contributed by atoms with Crippen molar-refractivity contribution in [3.8, 4) is 0 Å². The van der Waals surface area contributed by atoms with E-state index in [9.17, 15) is 39.3 Å². The fraction of sp³-hybridized carbons (Fsp3) is 0.412. The lowest BCUT2D eigenvalue weighted by Gasteiger charge is -2.24. The van der Waals surface area contributed by atoms with E-state index in [-0.39, 0.29) is 36.1 Å². The number of carbonyl (C=O) groups excluding carboxylic acids is 4. The Balaban J connectivity index is 1.76. The normalized spacial score (nSPS) is 13.5. The van der Waals surface area contributed by atoms with Crippen LogP contribution in [0, 0.1) is 11.8 Å². The summed E-state index contributed by atoms with van der Waals surface area (Å²) in [7, 11) is -3.61. The average molecular weight is 688 g/mol. The van der Waals surface area contributed by atoms with Crippen LogP contribution in [0.5, 0.6) is 0 Å². The first-order valence-corrected chi connectivity index (χ1v) is 16.6. The van der Waals surface area contributed by atoms with E-state index in [1.807, 2.05) is 39.8 Å². The Bertz CT molecular complexity index is 1420. The summed E-state index contributed by atoms with van der Waals surface area (Å²) in [5.74, 6) is -4.59. The lowest BCUT2D eigenvalue weighted by Crippen LogP contribution is -2.55. The van der Waals surface area contributed by atoms with E-state index in [4.69, 9.17) is 0 Å². The predicted molar refractivity (Wildman–Crippen MR) is 188 cm³/mol. The van der Waals surface area contributed by atoms with Gasteiger partial charge in [0.2, 0.25) is 11.8 Å². The van der Waals surface area contributed by atoms with E-state index in [1.54, 1.807) is 48.5 Å². The fourth-order valence-electron chi connectivity index (χ4n) is 5.24. The van der Waals surface area contributed by atoms with Crippen molar-refractivity contribution in [1.82, 2.24) is 31.2 Å². The molecule has 3 aromatic rings. The maximum absolute atomic E-state index is 13.3. The summed E-state index contributed by atoms with van der Waals surface area (Å²) in [5.41, 5.74) is 1.10. The Morgan fingerprint density at radius 2 is 0.920 bits per heavy atom. The largest absolute Gasteiger partial charge is 0.475 e.